The third-order valence-electron chi connectivity index (χ3n) is 9.33. The van der Waals surface area contributed by atoms with Crippen LogP contribution in [0.3, 0.4) is 0 Å². The first kappa shape index (κ1) is 34.2. The quantitative estimate of drug-likeness (QED) is 0.0766. The van der Waals surface area contributed by atoms with E-state index in [9.17, 15) is 29.7 Å². The Bertz CT molecular complexity index is 710. The van der Waals surface area contributed by atoms with Gasteiger partial charge in [-0.1, -0.05) is 116 Å². The molecule has 0 saturated heterocycles. The third-order valence-corrected chi connectivity index (χ3v) is 9.33. The summed E-state index contributed by atoms with van der Waals surface area (Å²) in [7, 11) is 0. The Labute approximate surface area is 231 Å². The molecule has 220 valence electrons. The lowest BCUT2D eigenvalue weighted by atomic mass is 9.44. The van der Waals surface area contributed by atoms with Crippen molar-refractivity contribution in [3.05, 3.63) is 12.2 Å². The summed E-state index contributed by atoms with van der Waals surface area (Å²) in [4.78, 5) is 37.2. The lowest BCUT2D eigenvalue weighted by Crippen LogP contribution is -2.54. The van der Waals surface area contributed by atoms with Gasteiger partial charge in [0.2, 0.25) is 0 Å². The van der Waals surface area contributed by atoms with Crippen molar-refractivity contribution in [3.8, 4) is 0 Å². The minimum atomic E-state index is -1.14. The molecule has 0 aromatic rings. The molecule has 1 rings (SSSR count). The summed E-state index contributed by atoms with van der Waals surface area (Å²) < 4.78 is 0. The number of aliphatic carboxylic acids is 3. The molecule has 1 unspecified atom stereocenters. The molecule has 0 heterocycles. The van der Waals surface area contributed by atoms with Crippen molar-refractivity contribution in [2.24, 2.45) is 16.2 Å². The van der Waals surface area contributed by atoms with E-state index in [4.69, 9.17) is 0 Å². The van der Waals surface area contributed by atoms with Gasteiger partial charge in [0.05, 0.1) is 19.3 Å². The van der Waals surface area contributed by atoms with Gasteiger partial charge < -0.3 is 15.3 Å². The van der Waals surface area contributed by atoms with Crippen LogP contribution in [0.25, 0.3) is 0 Å². The molecule has 1 saturated carbocycles. The maximum absolute atomic E-state index is 12.6. The van der Waals surface area contributed by atoms with E-state index in [0.717, 1.165) is 70.6 Å². The minimum Gasteiger partial charge on any atom is -0.481 e. The van der Waals surface area contributed by atoms with Crippen LogP contribution in [0, 0.1) is 16.2 Å². The van der Waals surface area contributed by atoms with Crippen LogP contribution in [0.4, 0.5) is 0 Å². The number of carboxylic acid groups (broad SMARTS) is 3. The molecule has 6 nitrogen and oxygen atoms in total. The topological polar surface area (TPSA) is 112 Å². The molecule has 3 N–H and O–H groups in total. The van der Waals surface area contributed by atoms with Crippen molar-refractivity contribution in [1.29, 1.82) is 0 Å². The number of carbonyl (C=O) groups is 3. The Morgan fingerprint density at radius 3 is 1.39 bits per heavy atom. The molecule has 0 amide bonds. The lowest BCUT2D eigenvalue weighted by Gasteiger charge is -2.58. The first-order chi connectivity index (χ1) is 18.1. The Hall–Kier alpha value is -1.85. The van der Waals surface area contributed by atoms with Crippen LogP contribution in [-0.4, -0.2) is 33.2 Å². The van der Waals surface area contributed by atoms with Gasteiger partial charge in [0, 0.05) is 10.8 Å². The Morgan fingerprint density at radius 2 is 1.00 bits per heavy atom. The van der Waals surface area contributed by atoms with Crippen molar-refractivity contribution in [2.75, 3.05) is 0 Å². The summed E-state index contributed by atoms with van der Waals surface area (Å²) in [6.45, 7) is 6.26. The van der Waals surface area contributed by atoms with E-state index in [1.807, 2.05) is 19.1 Å². The van der Waals surface area contributed by atoms with Gasteiger partial charge in [-0.25, -0.2) is 0 Å². The molecular weight excluding hydrogens is 480 g/mol. The summed E-state index contributed by atoms with van der Waals surface area (Å²) in [6, 6.07) is 0. The van der Waals surface area contributed by atoms with Crippen LogP contribution in [0.2, 0.25) is 0 Å². The summed E-state index contributed by atoms with van der Waals surface area (Å²) in [5.74, 6) is -3.05. The molecule has 1 aliphatic rings. The monoisotopic (exact) mass is 536 g/mol. The Morgan fingerprint density at radius 1 is 0.605 bits per heavy atom. The number of unbranched alkanes of at least 4 members (excludes halogenated alkanes) is 10. The van der Waals surface area contributed by atoms with Crippen LogP contribution in [0.1, 0.15) is 156 Å². The smallest absolute Gasteiger partial charge is 0.304 e. The van der Waals surface area contributed by atoms with Crippen molar-refractivity contribution in [3.63, 3.8) is 0 Å². The molecule has 1 atom stereocenters. The predicted octanol–water partition coefficient (Wildman–Crippen LogP) is 9.02. The van der Waals surface area contributed by atoms with E-state index >= 15 is 0 Å². The molecular formula is C32H56O6. The number of hydrogen-bond donors (Lipinski definition) is 3. The van der Waals surface area contributed by atoms with Crippen molar-refractivity contribution in [2.45, 2.75) is 156 Å². The first-order valence-electron chi connectivity index (χ1n) is 15.4. The number of hydrogen-bond acceptors (Lipinski definition) is 3. The van der Waals surface area contributed by atoms with Crippen molar-refractivity contribution in [1.82, 2.24) is 0 Å². The van der Waals surface area contributed by atoms with Gasteiger partial charge >= 0.3 is 17.9 Å². The second-order valence-electron chi connectivity index (χ2n) is 12.0. The highest BCUT2D eigenvalue weighted by atomic mass is 16.4. The molecule has 0 aromatic heterocycles. The summed E-state index contributed by atoms with van der Waals surface area (Å²) in [6.07, 6.45) is 21.0. The molecule has 38 heavy (non-hydrogen) atoms. The fraction of sp³-hybridized carbons (Fsp3) is 0.844. The van der Waals surface area contributed by atoms with Gasteiger partial charge in [-0.05, 0) is 38.0 Å². The Balaban J connectivity index is 3.64. The van der Waals surface area contributed by atoms with E-state index in [-0.39, 0.29) is 19.3 Å². The zero-order valence-corrected chi connectivity index (χ0v) is 24.6. The highest BCUT2D eigenvalue weighted by Gasteiger charge is 2.62. The first-order valence-corrected chi connectivity index (χ1v) is 15.4. The average Bonchev–Trinajstić information content (AvgIpc) is 2.94. The van der Waals surface area contributed by atoms with Crippen LogP contribution in [0.5, 0.6) is 0 Å². The largest absolute Gasteiger partial charge is 0.481 e. The highest BCUT2D eigenvalue weighted by molar-refractivity contribution is 5.74. The normalized spacial score (nSPS) is 20.8. The number of carboxylic acids is 3. The van der Waals surface area contributed by atoms with Gasteiger partial charge in [-0.15, -0.1) is 0 Å². The molecule has 0 aliphatic heterocycles. The lowest BCUT2D eigenvalue weighted by molar-refractivity contribution is -0.163. The SMILES string of the molecule is CC=CC1(CC(=O)O)C(CCCCCCCC)(CCCCCCCC)CCCCC1(CC(=O)O)CC(=O)O. The number of allylic oxidation sites excluding steroid dienone is 2. The van der Waals surface area contributed by atoms with Crippen LogP contribution < -0.4 is 0 Å². The molecule has 0 aromatic carbocycles. The van der Waals surface area contributed by atoms with E-state index in [1.54, 1.807) is 0 Å². The van der Waals surface area contributed by atoms with Gasteiger partial charge in [0.15, 0.2) is 0 Å². The average molecular weight is 537 g/mol. The summed E-state index contributed by atoms with van der Waals surface area (Å²) >= 11 is 0. The molecule has 0 radical (unpaired) electrons. The van der Waals surface area contributed by atoms with E-state index in [2.05, 4.69) is 13.8 Å². The van der Waals surface area contributed by atoms with Crippen molar-refractivity contribution < 1.29 is 29.7 Å². The predicted molar refractivity (Wildman–Crippen MR) is 153 cm³/mol. The zero-order valence-electron chi connectivity index (χ0n) is 24.6. The standard InChI is InChI=1S/C32H56O6/c1-4-7-9-11-13-15-20-30(21-16-14-12-10-8-5-2)22-17-18-23-31(24-27(33)34,25-28(35)36)32(30,19-6-3)26-29(37)38/h6,19H,4-5,7-18,20-26H2,1-3H3,(H,33,34)(H,35,36)(H,37,38). The maximum atomic E-state index is 12.6. The summed E-state index contributed by atoms with van der Waals surface area (Å²) in [5, 5.41) is 30.4. The molecule has 6 heteroatoms. The highest BCUT2D eigenvalue weighted by Crippen LogP contribution is 2.67. The maximum Gasteiger partial charge on any atom is 0.304 e. The summed E-state index contributed by atoms with van der Waals surface area (Å²) in [5.41, 5.74) is -2.61. The van der Waals surface area contributed by atoms with Crippen LogP contribution >= 0.6 is 0 Å². The van der Waals surface area contributed by atoms with Gasteiger partial charge in [-0.2, -0.15) is 0 Å². The fourth-order valence-electron chi connectivity index (χ4n) is 7.69. The third kappa shape index (κ3) is 9.72. The minimum absolute atomic E-state index is 0.219. The molecule has 0 spiro atoms. The number of rotatable bonds is 21. The van der Waals surface area contributed by atoms with Gasteiger partial charge in [-0.3, -0.25) is 14.4 Å². The van der Waals surface area contributed by atoms with E-state index in [1.165, 1.54) is 38.5 Å². The van der Waals surface area contributed by atoms with Crippen molar-refractivity contribution >= 4 is 17.9 Å². The van der Waals surface area contributed by atoms with E-state index in [0.29, 0.717) is 6.42 Å². The fourth-order valence-corrected chi connectivity index (χ4v) is 7.69. The Kier molecular flexibility index (Phi) is 15.9. The van der Waals surface area contributed by atoms with E-state index < -0.39 is 34.2 Å². The second kappa shape index (κ2) is 17.7. The zero-order chi connectivity index (χ0) is 28.5. The van der Waals surface area contributed by atoms with Crippen LogP contribution in [0.15, 0.2) is 12.2 Å². The molecule has 1 aliphatic carbocycles. The van der Waals surface area contributed by atoms with Gasteiger partial charge in [0.25, 0.3) is 0 Å². The second-order valence-corrected chi connectivity index (χ2v) is 12.0. The molecule has 1 fully saturated rings. The van der Waals surface area contributed by atoms with Gasteiger partial charge in [0.1, 0.15) is 0 Å². The van der Waals surface area contributed by atoms with Crippen LogP contribution in [-0.2, 0) is 14.4 Å². The molecule has 0 bridgehead atoms.